The molecule has 0 amide bonds. The molecule has 0 radical (unpaired) electrons. The Balaban J connectivity index is 2.24. The first-order valence-corrected chi connectivity index (χ1v) is 7.14. The van der Waals surface area contributed by atoms with Crippen LogP contribution in [0.1, 0.15) is 0 Å². The van der Waals surface area contributed by atoms with Gasteiger partial charge in [0.2, 0.25) is 0 Å². The summed E-state index contributed by atoms with van der Waals surface area (Å²) in [5, 5.41) is 1.07. The van der Waals surface area contributed by atoms with Crippen molar-refractivity contribution in [2.24, 2.45) is 0 Å². The van der Waals surface area contributed by atoms with Crippen LogP contribution >= 0.6 is 15.9 Å². The van der Waals surface area contributed by atoms with E-state index in [1.807, 2.05) is 61.5 Å². The zero-order chi connectivity index (χ0) is 14.1. The number of anilines is 1. The van der Waals surface area contributed by atoms with E-state index in [1.165, 1.54) is 0 Å². The number of para-hydroxylation sites is 1. The fraction of sp³-hybridized carbons (Fsp3) is 0.125. The highest BCUT2D eigenvalue weighted by atomic mass is 79.9. The van der Waals surface area contributed by atoms with E-state index >= 15 is 0 Å². The Morgan fingerprint density at radius 2 is 1.60 bits per heavy atom. The highest BCUT2D eigenvalue weighted by Crippen LogP contribution is 2.26. The van der Waals surface area contributed by atoms with Crippen LogP contribution in [0.25, 0.3) is 22.3 Å². The molecular weight excluding hydrogens is 314 g/mol. The predicted molar refractivity (Wildman–Crippen MR) is 87.0 cm³/mol. The lowest BCUT2D eigenvalue weighted by Crippen LogP contribution is -2.12. The largest absolute Gasteiger partial charge is 0.362 e. The molecule has 0 aliphatic carbocycles. The molecule has 20 heavy (non-hydrogen) atoms. The Morgan fingerprint density at radius 1 is 0.900 bits per heavy atom. The first-order valence-electron chi connectivity index (χ1n) is 6.35. The average Bonchev–Trinajstić information content (AvgIpc) is 2.46. The number of fused-ring (bicyclic) bond motifs is 1. The fourth-order valence-electron chi connectivity index (χ4n) is 2.13. The lowest BCUT2D eigenvalue weighted by molar-refractivity contribution is 1.07. The molecule has 2 aromatic carbocycles. The second-order valence-electron chi connectivity index (χ2n) is 4.79. The maximum Gasteiger partial charge on any atom is 0.162 e. The number of hydrogen-bond acceptors (Lipinski definition) is 3. The monoisotopic (exact) mass is 327 g/mol. The first kappa shape index (κ1) is 13.1. The maximum atomic E-state index is 4.70. The normalized spacial score (nSPS) is 10.8. The van der Waals surface area contributed by atoms with Crippen LogP contribution in [0.5, 0.6) is 0 Å². The average molecular weight is 328 g/mol. The van der Waals surface area contributed by atoms with Gasteiger partial charge in [0, 0.05) is 29.5 Å². The number of benzene rings is 2. The Bertz CT molecular complexity index is 751. The van der Waals surface area contributed by atoms with Gasteiger partial charge in [-0.25, -0.2) is 9.97 Å². The van der Waals surface area contributed by atoms with E-state index in [9.17, 15) is 0 Å². The molecule has 0 saturated heterocycles. The van der Waals surface area contributed by atoms with Crippen LogP contribution in [-0.2, 0) is 0 Å². The van der Waals surface area contributed by atoms with E-state index < -0.39 is 0 Å². The first-order chi connectivity index (χ1) is 9.65. The quantitative estimate of drug-likeness (QED) is 0.708. The van der Waals surface area contributed by atoms with Gasteiger partial charge in [-0.1, -0.05) is 40.2 Å². The lowest BCUT2D eigenvalue weighted by Gasteiger charge is -2.15. The molecule has 0 bridgehead atoms. The van der Waals surface area contributed by atoms with Gasteiger partial charge in [-0.05, 0) is 24.3 Å². The Morgan fingerprint density at radius 3 is 2.30 bits per heavy atom. The van der Waals surface area contributed by atoms with Crippen LogP contribution in [-0.4, -0.2) is 24.1 Å². The van der Waals surface area contributed by atoms with Crippen molar-refractivity contribution in [3.05, 3.63) is 53.0 Å². The highest BCUT2D eigenvalue weighted by Gasteiger charge is 2.10. The van der Waals surface area contributed by atoms with Gasteiger partial charge >= 0.3 is 0 Å². The summed E-state index contributed by atoms with van der Waals surface area (Å²) in [6, 6.07) is 16.1. The number of halogens is 1. The third kappa shape index (κ3) is 2.39. The third-order valence-corrected chi connectivity index (χ3v) is 3.64. The van der Waals surface area contributed by atoms with Gasteiger partial charge in [-0.15, -0.1) is 0 Å². The summed E-state index contributed by atoms with van der Waals surface area (Å²) in [5.41, 5.74) is 1.98. The standard InChI is InChI=1S/C16H14BrN3/c1-20(2)16-13-5-3-4-6-14(13)18-15(19-16)11-7-9-12(17)10-8-11/h3-10H,1-2H3. The van der Waals surface area contributed by atoms with Crippen LogP contribution in [0.4, 0.5) is 5.82 Å². The SMILES string of the molecule is CN(C)c1nc(-c2ccc(Br)cc2)nc2ccccc12. The van der Waals surface area contributed by atoms with E-state index in [2.05, 4.69) is 27.0 Å². The molecule has 4 heteroatoms. The van der Waals surface area contributed by atoms with Crippen molar-refractivity contribution >= 4 is 32.7 Å². The zero-order valence-corrected chi connectivity index (χ0v) is 12.9. The molecule has 0 fully saturated rings. The highest BCUT2D eigenvalue weighted by molar-refractivity contribution is 9.10. The summed E-state index contributed by atoms with van der Waals surface area (Å²) >= 11 is 3.45. The van der Waals surface area contributed by atoms with Gasteiger partial charge < -0.3 is 4.90 Å². The van der Waals surface area contributed by atoms with Crippen LogP contribution in [0.15, 0.2) is 53.0 Å². The Labute approximate surface area is 126 Å². The summed E-state index contributed by atoms with van der Waals surface area (Å²) in [6.07, 6.45) is 0. The maximum absolute atomic E-state index is 4.70. The van der Waals surface area contributed by atoms with Crippen molar-refractivity contribution in [1.29, 1.82) is 0 Å². The lowest BCUT2D eigenvalue weighted by atomic mass is 10.2. The zero-order valence-electron chi connectivity index (χ0n) is 11.3. The van der Waals surface area contributed by atoms with Crippen molar-refractivity contribution in [3.63, 3.8) is 0 Å². The van der Waals surface area contributed by atoms with E-state index in [4.69, 9.17) is 4.98 Å². The third-order valence-electron chi connectivity index (χ3n) is 3.11. The van der Waals surface area contributed by atoms with Gasteiger partial charge in [0.15, 0.2) is 5.82 Å². The summed E-state index contributed by atoms with van der Waals surface area (Å²) in [6.45, 7) is 0. The van der Waals surface area contributed by atoms with Gasteiger partial charge in [-0.2, -0.15) is 0 Å². The molecular formula is C16H14BrN3. The minimum atomic E-state index is 0.750. The fourth-order valence-corrected chi connectivity index (χ4v) is 2.39. The molecule has 0 atom stereocenters. The van der Waals surface area contributed by atoms with E-state index in [0.29, 0.717) is 0 Å². The van der Waals surface area contributed by atoms with Crippen LogP contribution < -0.4 is 4.90 Å². The van der Waals surface area contributed by atoms with Gasteiger partial charge in [-0.3, -0.25) is 0 Å². The minimum Gasteiger partial charge on any atom is -0.362 e. The second kappa shape index (κ2) is 5.21. The second-order valence-corrected chi connectivity index (χ2v) is 5.70. The topological polar surface area (TPSA) is 29.0 Å². The van der Waals surface area contributed by atoms with Crippen molar-refractivity contribution in [1.82, 2.24) is 9.97 Å². The molecule has 3 aromatic rings. The Kier molecular flexibility index (Phi) is 3.40. The van der Waals surface area contributed by atoms with E-state index in [1.54, 1.807) is 0 Å². The summed E-state index contributed by atoms with van der Waals surface area (Å²) in [4.78, 5) is 11.4. The van der Waals surface area contributed by atoms with Crippen molar-refractivity contribution in [3.8, 4) is 11.4 Å². The summed E-state index contributed by atoms with van der Waals surface area (Å²) < 4.78 is 1.05. The smallest absolute Gasteiger partial charge is 0.162 e. The molecule has 1 heterocycles. The number of hydrogen-bond donors (Lipinski definition) is 0. The molecule has 3 nitrogen and oxygen atoms in total. The minimum absolute atomic E-state index is 0.750. The van der Waals surface area contributed by atoms with Gasteiger partial charge in [0.1, 0.15) is 5.82 Å². The number of aromatic nitrogens is 2. The van der Waals surface area contributed by atoms with Gasteiger partial charge in [0.05, 0.1) is 5.52 Å². The van der Waals surface area contributed by atoms with E-state index in [-0.39, 0.29) is 0 Å². The summed E-state index contributed by atoms with van der Waals surface area (Å²) in [7, 11) is 4.00. The van der Waals surface area contributed by atoms with E-state index in [0.717, 1.165) is 32.6 Å². The molecule has 0 unspecified atom stereocenters. The molecule has 0 N–H and O–H groups in total. The molecule has 100 valence electrons. The summed E-state index contributed by atoms with van der Waals surface area (Å²) in [5.74, 6) is 1.69. The van der Waals surface area contributed by atoms with Gasteiger partial charge in [0.25, 0.3) is 0 Å². The van der Waals surface area contributed by atoms with Crippen molar-refractivity contribution in [2.75, 3.05) is 19.0 Å². The molecule has 3 rings (SSSR count). The van der Waals surface area contributed by atoms with Crippen molar-refractivity contribution < 1.29 is 0 Å². The molecule has 0 aliphatic rings. The predicted octanol–water partition coefficient (Wildman–Crippen LogP) is 4.13. The van der Waals surface area contributed by atoms with Crippen LogP contribution in [0.3, 0.4) is 0 Å². The molecule has 0 spiro atoms. The molecule has 0 saturated carbocycles. The van der Waals surface area contributed by atoms with Crippen molar-refractivity contribution in [2.45, 2.75) is 0 Å². The van der Waals surface area contributed by atoms with Crippen LogP contribution in [0, 0.1) is 0 Å². The number of nitrogens with zero attached hydrogens (tertiary/aromatic N) is 3. The molecule has 0 aliphatic heterocycles. The Hall–Kier alpha value is -1.94. The van der Waals surface area contributed by atoms with Crippen LogP contribution in [0.2, 0.25) is 0 Å². The molecule has 1 aromatic heterocycles. The number of rotatable bonds is 2.